The maximum atomic E-state index is 12.3. The fourth-order valence-corrected chi connectivity index (χ4v) is 3.88. The summed E-state index contributed by atoms with van der Waals surface area (Å²) >= 11 is 5.96. The van der Waals surface area contributed by atoms with Crippen molar-refractivity contribution in [3.63, 3.8) is 0 Å². The molecule has 1 aromatic carbocycles. The normalized spacial score (nSPS) is 11.6. The molecular formula is C14H15ClN2O4S. The van der Waals surface area contributed by atoms with Gasteiger partial charge in [-0.2, -0.15) is 0 Å². The first-order valence-electron chi connectivity index (χ1n) is 6.41. The van der Waals surface area contributed by atoms with Gasteiger partial charge >= 0.3 is 5.69 Å². The van der Waals surface area contributed by atoms with Gasteiger partial charge in [0.15, 0.2) is 9.84 Å². The van der Waals surface area contributed by atoms with Gasteiger partial charge in [0.2, 0.25) is 0 Å². The molecule has 6 nitrogen and oxygen atoms in total. The highest BCUT2D eigenvalue weighted by Crippen LogP contribution is 2.19. The summed E-state index contributed by atoms with van der Waals surface area (Å²) in [6.07, 6.45) is 0. The molecule has 0 aliphatic carbocycles. The second-order valence-electron chi connectivity index (χ2n) is 5.00. The highest BCUT2D eigenvalue weighted by molar-refractivity contribution is 7.89. The summed E-state index contributed by atoms with van der Waals surface area (Å²) < 4.78 is 26.7. The molecule has 0 bridgehead atoms. The van der Waals surface area contributed by atoms with Gasteiger partial charge in [-0.25, -0.2) is 13.2 Å². The average molecular weight is 343 g/mol. The minimum absolute atomic E-state index is 0.153. The third-order valence-corrected chi connectivity index (χ3v) is 5.18. The molecule has 0 radical (unpaired) electrons. The summed E-state index contributed by atoms with van der Waals surface area (Å²) in [6.45, 7) is 0. The Morgan fingerprint density at radius 2 is 1.68 bits per heavy atom. The van der Waals surface area contributed by atoms with Crippen LogP contribution in [0.15, 0.2) is 39.9 Å². The third kappa shape index (κ3) is 3.48. The molecule has 8 heteroatoms. The molecule has 0 saturated carbocycles. The van der Waals surface area contributed by atoms with E-state index in [1.165, 1.54) is 14.1 Å². The van der Waals surface area contributed by atoms with E-state index in [-0.39, 0.29) is 11.4 Å². The van der Waals surface area contributed by atoms with Gasteiger partial charge in [0.05, 0.1) is 11.5 Å². The number of hydrogen-bond acceptors (Lipinski definition) is 4. The van der Waals surface area contributed by atoms with Crippen molar-refractivity contribution in [3.8, 4) is 0 Å². The van der Waals surface area contributed by atoms with Crippen molar-refractivity contribution in [2.75, 3.05) is 0 Å². The maximum absolute atomic E-state index is 12.3. The minimum Gasteiger partial charge on any atom is -0.300 e. The van der Waals surface area contributed by atoms with Crippen LogP contribution in [0.4, 0.5) is 0 Å². The van der Waals surface area contributed by atoms with Crippen LogP contribution in [0.3, 0.4) is 0 Å². The number of rotatable bonds is 4. The Labute approximate surface area is 132 Å². The van der Waals surface area contributed by atoms with Gasteiger partial charge in [0.25, 0.3) is 5.56 Å². The topological polar surface area (TPSA) is 78.1 Å². The van der Waals surface area contributed by atoms with Gasteiger partial charge in [-0.1, -0.05) is 29.8 Å². The molecule has 0 spiro atoms. The fourth-order valence-electron chi connectivity index (χ4n) is 2.05. The molecule has 2 rings (SSSR count). The maximum Gasteiger partial charge on any atom is 0.330 e. The zero-order valence-electron chi connectivity index (χ0n) is 12.1. The van der Waals surface area contributed by atoms with E-state index in [4.69, 9.17) is 11.6 Å². The first kappa shape index (κ1) is 16.5. The zero-order chi connectivity index (χ0) is 16.5. The summed E-state index contributed by atoms with van der Waals surface area (Å²) in [4.78, 5) is 23.5. The highest BCUT2D eigenvalue weighted by atomic mass is 35.5. The molecule has 0 fully saturated rings. The molecule has 0 amide bonds. The van der Waals surface area contributed by atoms with Crippen LogP contribution in [0, 0.1) is 0 Å². The standard InChI is InChI=1S/C14H15ClN2O4S/c1-16-11(7-13(18)17(2)14(16)19)9-22(20,21)8-10-5-3-4-6-12(10)15/h3-7H,8-9H2,1-2H3. The average Bonchev–Trinajstić information content (AvgIpc) is 2.44. The lowest BCUT2D eigenvalue weighted by Crippen LogP contribution is -2.38. The molecule has 0 atom stereocenters. The van der Waals surface area contributed by atoms with Gasteiger partial charge in [0, 0.05) is 30.9 Å². The number of halogens is 1. The van der Waals surface area contributed by atoms with E-state index in [2.05, 4.69) is 0 Å². The molecule has 0 aliphatic heterocycles. The second kappa shape index (κ2) is 6.10. The second-order valence-corrected chi connectivity index (χ2v) is 7.47. The van der Waals surface area contributed by atoms with E-state index in [1.807, 2.05) is 0 Å². The molecular weight excluding hydrogens is 328 g/mol. The Bertz CT molecular complexity index is 929. The van der Waals surface area contributed by atoms with Crippen molar-refractivity contribution in [1.82, 2.24) is 9.13 Å². The highest BCUT2D eigenvalue weighted by Gasteiger charge is 2.18. The molecule has 22 heavy (non-hydrogen) atoms. The van der Waals surface area contributed by atoms with Crippen LogP contribution < -0.4 is 11.2 Å². The van der Waals surface area contributed by atoms with E-state index >= 15 is 0 Å². The fraction of sp³-hybridized carbons (Fsp3) is 0.286. The van der Waals surface area contributed by atoms with E-state index in [1.54, 1.807) is 24.3 Å². The number of nitrogens with zero attached hydrogens (tertiary/aromatic N) is 2. The molecule has 0 aliphatic rings. The van der Waals surface area contributed by atoms with Gasteiger partial charge in [0.1, 0.15) is 0 Å². The molecule has 0 unspecified atom stereocenters. The largest absolute Gasteiger partial charge is 0.330 e. The Hall–Kier alpha value is -1.86. The van der Waals surface area contributed by atoms with Crippen molar-refractivity contribution >= 4 is 21.4 Å². The third-order valence-electron chi connectivity index (χ3n) is 3.33. The number of aromatic nitrogens is 2. The first-order chi connectivity index (χ1) is 10.2. The van der Waals surface area contributed by atoms with Crippen LogP contribution >= 0.6 is 11.6 Å². The van der Waals surface area contributed by atoms with E-state index in [0.29, 0.717) is 10.6 Å². The van der Waals surface area contributed by atoms with Crippen LogP contribution in [0.25, 0.3) is 0 Å². The molecule has 1 aromatic heterocycles. The molecule has 1 heterocycles. The van der Waals surface area contributed by atoms with Gasteiger partial charge in [-0.3, -0.25) is 13.9 Å². The van der Waals surface area contributed by atoms with Crippen molar-refractivity contribution in [2.45, 2.75) is 11.5 Å². The summed E-state index contributed by atoms with van der Waals surface area (Å²) in [5.74, 6) is -0.657. The molecule has 2 aromatic rings. The summed E-state index contributed by atoms with van der Waals surface area (Å²) in [7, 11) is -0.799. The SMILES string of the molecule is Cn1c(CS(=O)(=O)Cc2ccccc2Cl)cc(=O)n(C)c1=O. The smallest absolute Gasteiger partial charge is 0.300 e. The van der Waals surface area contributed by atoms with Crippen molar-refractivity contribution in [1.29, 1.82) is 0 Å². The summed E-state index contributed by atoms with van der Waals surface area (Å²) in [5, 5.41) is 0.365. The minimum atomic E-state index is -3.57. The van der Waals surface area contributed by atoms with Gasteiger partial charge in [-0.05, 0) is 11.6 Å². The molecule has 118 valence electrons. The predicted molar refractivity (Wildman–Crippen MR) is 84.7 cm³/mol. The lowest BCUT2D eigenvalue weighted by atomic mass is 10.2. The molecule has 0 N–H and O–H groups in total. The van der Waals surface area contributed by atoms with Crippen molar-refractivity contribution in [2.24, 2.45) is 14.1 Å². The summed E-state index contributed by atoms with van der Waals surface area (Å²) in [5.41, 5.74) is -0.459. The quantitative estimate of drug-likeness (QED) is 0.825. The van der Waals surface area contributed by atoms with E-state index < -0.39 is 26.8 Å². The Balaban J connectivity index is 2.37. The number of hydrogen-bond donors (Lipinski definition) is 0. The monoisotopic (exact) mass is 342 g/mol. The van der Waals surface area contributed by atoms with E-state index in [0.717, 1.165) is 15.2 Å². The Kier molecular flexibility index (Phi) is 4.58. The first-order valence-corrected chi connectivity index (χ1v) is 8.61. The van der Waals surface area contributed by atoms with Crippen LogP contribution in [-0.2, 0) is 35.4 Å². The lowest BCUT2D eigenvalue weighted by molar-refractivity contribution is 0.589. The lowest BCUT2D eigenvalue weighted by Gasteiger charge is -2.10. The number of benzene rings is 1. The summed E-state index contributed by atoms with van der Waals surface area (Å²) in [6, 6.07) is 7.81. The van der Waals surface area contributed by atoms with Crippen LogP contribution in [-0.4, -0.2) is 17.6 Å². The number of sulfone groups is 1. The Morgan fingerprint density at radius 3 is 2.32 bits per heavy atom. The van der Waals surface area contributed by atoms with E-state index in [9.17, 15) is 18.0 Å². The van der Waals surface area contributed by atoms with Crippen LogP contribution in [0.5, 0.6) is 0 Å². The van der Waals surface area contributed by atoms with Gasteiger partial charge < -0.3 is 0 Å². The van der Waals surface area contributed by atoms with Crippen LogP contribution in [0.2, 0.25) is 5.02 Å². The predicted octanol–water partition coefficient (Wildman–Crippen LogP) is 0.852. The van der Waals surface area contributed by atoms with Crippen LogP contribution in [0.1, 0.15) is 11.3 Å². The Morgan fingerprint density at radius 1 is 1.05 bits per heavy atom. The van der Waals surface area contributed by atoms with Gasteiger partial charge in [-0.15, -0.1) is 0 Å². The van der Waals surface area contributed by atoms with Crippen molar-refractivity contribution < 1.29 is 8.42 Å². The zero-order valence-corrected chi connectivity index (χ0v) is 13.7. The molecule has 0 saturated heterocycles. The van der Waals surface area contributed by atoms with Crippen molar-refractivity contribution in [3.05, 3.63) is 67.4 Å².